The first-order chi connectivity index (χ1) is 9.61. The third kappa shape index (κ3) is 3.61. The number of anilines is 1. The van der Waals surface area contributed by atoms with Gasteiger partial charge in [0.1, 0.15) is 5.75 Å². The predicted octanol–water partition coefficient (Wildman–Crippen LogP) is 2.42. The molecule has 20 heavy (non-hydrogen) atoms. The molecule has 1 N–H and O–H groups in total. The minimum absolute atomic E-state index is 0.515. The van der Waals surface area contributed by atoms with Crippen LogP contribution in [0.2, 0.25) is 0 Å². The molecule has 0 atom stereocenters. The highest BCUT2D eigenvalue weighted by molar-refractivity contribution is 7.80. The second-order valence-corrected chi connectivity index (χ2v) is 5.66. The number of ether oxygens (including phenoxy) is 1. The molecule has 2 rings (SSSR count). The molecule has 0 unspecified atom stereocenters. The van der Waals surface area contributed by atoms with Crippen LogP contribution >= 0.6 is 12.2 Å². The lowest BCUT2D eigenvalue weighted by Gasteiger charge is -2.36. The normalized spacial score (nSPS) is 16.8. The van der Waals surface area contributed by atoms with Crippen LogP contribution in [0.5, 0.6) is 5.75 Å². The second kappa shape index (κ2) is 6.90. The topological polar surface area (TPSA) is 27.7 Å². The van der Waals surface area contributed by atoms with E-state index in [0.29, 0.717) is 6.04 Å². The number of rotatable bonds is 3. The van der Waals surface area contributed by atoms with Crippen LogP contribution in [-0.4, -0.2) is 55.2 Å². The molecule has 0 saturated carbocycles. The van der Waals surface area contributed by atoms with Crippen molar-refractivity contribution in [3.05, 3.63) is 24.3 Å². The molecule has 1 aromatic carbocycles. The van der Waals surface area contributed by atoms with E-state index >= 15 is 0 Å². The van der Waals surface area contributed by atoms with Gasteiger partial charge in [-0.05, 0) is 57.3 Å². The molecule has 0 aliphatic carbocycles. The van der Waals surface area contributed by atoms with Gasteiger partial charge in [-0.1, -0.05) is 12.1 Å². The van der Waals surface area contributed by atoms with Crippen LogP contribution < -0.4 is 10.1 Å². The Morgan fingerprint density at radius 2 is 2.00 bits per heavy atom. The number of nitrogens with zero attached hydrogens (tertiary/aromatic N) is 2. The number of thiocarbonyl (C=S) groups is 1. The summed E-state index contributed by atoms with van der Waals surface area (Å²) in [6.45, 7) is 2.26. The number of para-hydroxylation sites is 2. The highest BCUT2D eigenvalue weighted by Gasteiger charge is 2.22. The molecule has 4 nitrogen and oxygen atoms in total. The number of piperidine rings is 1. The van der Waals surface area contributed by atoms with E-state index in [9.17, 15) is 0 Å². The van der Waals surface area contributed by atoms with Crippen molar-refractivity contribution in [2.45, 2.75) is 18.9 Å². The molecule has 0 aromatic heterocycles. The first-order valence-corrected chi connectivity index (χ1v) is 7.38. The van der Waals surface area contributed by atoms with Gasteiger partial charge >= 0.3 is 0 Å². The van der Waals surface area contributed by atoms with Crippen LogP contribution in [0.25, 0.3) is 0 Å². The highest BCUT2D eigenvalue weighted by Crippen LogP contribution is 2.24. The van der Waals surface area contributed by atoms with Crippen LogP contribution in [0.1, 0.15) is 12.8 Å². The quantitative estimate of drug-likeness (QED) is 0.864. The fourth-order valence-electron chi connectivity index (χ4n) is 2.50. The van der Waals surface area contributed by atoms with Crippen molar-refractivity contribution >= 4 is 23.0 Å². The average Bonchev–Trinajstić information content (AvgIpc) is 2.48. The van der Waals surface area contributed by atoms with Crippen molar-refractivity contribution in [1.29, 1.82) is 0 Å². The van der Waals surface area contributed by atoms with E-state index in [2.05, 4.69) is 29.2 Å². The Labute approximate surface area is 126 Å². The fourth-order valence-corrected chi connectivity index (χ4v) is 2.76. The molecule has 1 aliphatic rings. The summed E-state index contributed by atoms with van der Waals surface area (Å²) in [6, 6.07) is 8.35. The van der Waals surface area contributed by atoms with Gasteiger partial charge in [0.05, 0.1) is 12.8 Å². The van der Waals surface area contributed by atoms with Crippen molar-refractivity contribution in [3.63, 3.8) is 0 Å². The number of nitrogens with one attached hydrogen (secondary N) is 1. The Balaban J connectivity index is 1.97. The zero-order chi connectivity index (χ0) is 14.5. The minimum atomic E-state index is 0.515. The Kier molecular flexibility index (Phi) is 5.20. The number of hydrogen-bond donors (Lipinski definition) is 1. The van der Waals surface area contributed by atoms with Crippen molar-refractivity contribution in [1.82, 2.24) is 9.80 Å². The van der Waals surface area contributed by atoms with Crippen LogP contribution in [0.4, 0.5) is 5.69 Å². The van der Waals surface area contributed by atoms with Crippen molar-refractivity contribution in [2.75, 3.05) is 39.6 Å². The van der Waals surface area contributed by atoms with Gasteiger partial charge in [0.2, 0.25) is 0 Å². The predicted molar refractivity (Wildman–Crippen MR) is 87.5 cm³/mol. The Bertz CT molecular complexity index is 458. The summed E-state index contributed by atoms with van der Waals surface area (Å²) < 4.78 is 5.34. The van der Waals surface area contributed by atoms with Gasteiger partial charge in [-0.15, -0.1) is 0 Å². The maximum atomic E-state index is 5.52. The zero-order valence-electron chi connectivity index (χ0n) is 12.4. The number of likely N-dealkylation sites (tertiary alicyclic amines) is 1. The summed E-state index contributed by atoms with van der Waals surface area (Å²) in [5.74, 6) is 0.812. The summed E-state index contributed by atoms with van der Waals surface area (Å²) in [7, 11) is 5.91. The van der Waals surface area contributed by atoms with Crippen molar-refractivity contribution < 1.29 is 4.74 Å². The van der Waals surface area contributed by atoms with Gasteiger partial charge in [-0.2, -0.15) is 0 Å². The molecule has 0 bridgehead atoms. The summed E-state index contributed by atoms with van der Waals surface area (Å²) in [6.07, 6.45) is 2.31. The molecule has 1 aliphatic heterocycles. The fraction of sp³-hybridized carbons (Fsp3) is 0.533. The molecule has 1 heterocycles. The molecule has 0 radical (unpaired) electrons. The summed E-state index contributed by atoms with van der Waals surface area (Å²) in [5, 5.41) is 4.04. The molecule has 1 saturated heterocycles. The maximum Gasteiger partial charge on any atom is 0.173 e. The van der Waals surface area contributed by atoms with Crippen LogP contribution in [-0.2, 0) is 0 Å². The van der Waals surface area contributed by atoms with Gasteiger partial charge in [0.25, 0.3) is 0 Å². The SMILES string of the molecule is COc1ccccc1NC(=S)N(C)C1CCN(C)CC1. The lowest BCUT2D eigenvalue weighted by atomic mass is 10.0. The van der Waals surface area contributed by atoms with Gasteiger partial charge < -0.3 is 19.9 Å². The lowest BCUT2D eigenvalue weighted by molar-refractivity contribution is 0.193. The zero-order valence-corrected chi connectivity index (χ0v) is 13.2. The monoisotopic (exact) mass is 293 g/mol. The van der Waals surface area contributed by atoms with Gasteiger partial charge in [0, 0.05) is 13.1 Å². The molecule has 0 spiro atoms. The van der Waals surface area contributed by atoms with Crippen LogP contribution in [0, 0.1) is 0 Å². The Morgan fingerprint density at radius 3 is 2.65 bits per heavy atom. The number of hydrogen-bond acceptors (Lipinski definition) is 3. The van der Waals surface area contributed by atoms with E-state index in [-0.39, 0.29) is 0 Å². The van der Waals surface area contributed by atoms with Crippen molar-refractivity contribution in [2.24, 2.45) is 0 Å². The second-order valence-electron chi connectivity index (χ2n) is 5.28. The van der Waals surface area contributed by atoms with Gasteiger partial charge in [-0.3, -0.25) is 0 Å². The van der Waals surface area contributed by atoms with Crippen molar-refractivity contribution in [3.8, 4) is 5.75 Å². The Hall–Kier alpha value is -1.33. The van der Waals surface area contributed by atoms with E-state index in [0.717, 1.165) is 42.5 Å². The molecular weight excluding hydrogens is 270 g/mol. The van der Waals surface area contributed by atoms with Gasteiger partial charge in [0.15, 0.2) is 5.11 Å². The molecule has 5 heteroatoms. The molecule has 1 fully saturated rings. The van der Waals surface area contributed by atoms with Crippen LogP contribution in [0.3, 0.4) is 0 Å². The molecule has 0 amide bonds. The first-order valence-electron chi connectivity index (χ1n) is 6.97. The van der Waals surface area contributed by atoms with E-state index in [1.807, 2.05) is 24.3 Å². The number of methoxy groups -OCH3 is 1. The van der Waals surface area contributed by atoms with Gasteiger partial charge in [-0.25, -0.2) is 0 Å². The largest absolute Gasteiger partial charge is 0.495 e. The smallest absolute Gasteiger partial charge is 0.173 e. The molecular formula is C15H23N3OS. The summed E-state index contributed by atoms with van der Waals surface area (Å²) in [4.78, 5) is 4.54. The molecule has 1 aromatic rings. The standard InChI is InChI=1S/C15H23N3OS/c1-17-10-8-12(9-11-17)18(2)15(20)16-13-6-4-5-7-14(13)19-3/h4-7,12H,8-11H2,1-3H3,(H,16,20). The highest BCUT2D eigenvalue weighted by atomic mass is 32.1. The van der Waals surface area contributed by atoms with Crippen LogP contribution in [0.15, 0.2) is 24.3 Å². The Morgan fingerprint density at radius 1 is 1.35 bits per heavy atom. The maximum absolute atomic E-state index is 5.52. The molecule has 110 valence electrons. The summed E-state index contributed by atoms with van der Waals surface area (Å²) in [5.41, 5.74) is 0.916. The van der Waals surface area contributed by atoms with E-state index < -0.39 is 0 Å². The van der Waals surface area contributed by atoms with E-state index in [1.165, 1.54) is 0 Å². The van der Waals surface area contributed by atoms with E-state index in [1.54, 1.807) is 7.11 Å². The average molecular weight is 293 g/mol. The third-order valence-corrected chi connectivity index (χ3v) is 4.29. The van der Waals surface area contributed by atoms with E-state index in [4.69, 9.17) is 17.0 Å². The summed E-state index contributed by atoms with van der Waals surface area (Å²) >= 11 is 5.52. The number of benzene rings is 1. The first kappa shape index (κ1) is 15.1. The third-order valence-electron chi connectivity index (χ3n) is 3.90. The lowest BCUT2D eigenvalue weighted by Crippen LogP contribution is -2.45. The minimum Gasteiger partial charge on any atom is -0.495 e.